The van der Waals surface area contributed by atoms with Crippen molar-refractivity contribution in [1.82, 2.24) is 16.0 Å². The molecule has 0 spiro atoms. The van der Waals surface area contributed by atoms with E-state index in [1.165, 1.54) is 0 Å². The number of nitrogens with zero attached hydrogens (tertiary/aromatic N) is 1. The van der Waals surface area contributed by atoms with Crippen molar-refractivity contribution in [2.24, 2.45) is 4.99 Å². The molecule has 0 bridgehead atoms. The smallest absolute Gasteiger partial charge is 0.251 e. The summed E-state index contributed by atoms with van der Waals surface area (Å²) in [6.45, 7) is 2.34. The maximum absolute atomic E-state index is 12.0. The molecule has 1 aromatic carbocycles. The van der Waals surface area contributed by atoms with Crippen molar-refractivity contribution in [2.45, 2.75) is 0 Å². The van der Waals surface area contributed by atoms with E-state index < -0.39 is 0 Å². The molecule has 1 rings (SSSR count). The van der Waals surface area contributed by atoms with Crippen LogP contribution in [0.1, 0.15) is 10.4 Å². The minimum absolute atomic E-state index is 0. The Balaban J connectivity index is 0.00000484. The molecule has 130 valence electrons. The molecule has 8 heteroatoms. The van der Waals surface area contributed by atoms with Gasteiger partial charge in [-0.1, -0.05) is 6.07 Å². The summed E-state index contributed by atoms with van der Waals surface area (Å²) in [5.41, 5.74) is 0.571. The van der Waals surface area contributed by atoms with Gasteiger partial charge in [-0.2, -0.15) is 0 Å². The number of amides is 1. The number of ether oxygens (including phenoxy) is 2. The van der Waals surface area contributed by atoms with E-state index in [2.05, 4.69) is 20.9 Å². The first-order valence-electron chi connectivity index (χ1n) is 7.07. The Kier molecular flexibility index (Phi) is 12.1. The van der Waals surface area contributed by atoms with E-state index in [-0.39, 0.29) is 29.9 Å². The van der Waals surface area contributed by atoms with Crippen LogP contribution in [0, 0.1) is 0 Å². The molecule has 0 saturated heterocycles. The SMILES string of the molecule is CN=C(NCCNC(=O)c1cccc(OC)c1)NCCOC.I. The van der Waals surface area contributed by atoms with E-state index in [0.29, 0.717) is 43.5 Å². The third-order valence-corrected chi connectivity index (χ3v) is 2.86. The fraction of sp³-hybridized carbons (Fsp3) is 0.467. The second kappa shape index (κ2) is 12.9. The summed E-state index contributed by atoms with van der Waals surface area (Å²) >= 11 is 0. The second-order valence-corrected chi connectivity index (χ2v) is 4.41. The number of hydrogen-bond donors (Lipinski definition) is 3. The average Bonchev–Trinajstić information content (AvgIpc) is 2.56. The van der Waals surface area contributed by atoms with Gasteiger partial charge in [0.15, 0.2) is 5.96 Å². The van der Waals surface area contributed by atoms with Crippen LogP contribution in [-0.2, 0) is 4.74 Å². The first kappa shape index (κ1) is 21.4. The van der Waals surface area contributed by atoms with Crippen LogP contribution in [0.5, 0.6) is 5.75 Å². The highest BCUT2D eigenvalue weighted by molar-refractivity contribution is 14.0. The lowest BCUT2D eigenvalue weighted by Gasteiger charge is -2.12. The molecule has 23 heavy (non-hydrogen) atoms. The van der Waals surface area contributed by atoms with Gasteiger partial charge in [0.05, 0.1) is 13.7 Å². The van der Waals surface area contributed by atoms with Crippen LogP contribution in [-0.4, -0.2) is 59.4 Å². The molecule has 7 nitrogen and oxygen atoms in total. The van der Waals surface area contributed by atoms with Crippen LogP contribution >= 0.6 is 24.0 Å². The third-order valence-electron chi connectivity index (χ3n) is 2.86. The fourth-order valence-corrected chi connectivity index (χ4v) is 1.72. The second-order valence-electron chi connectivity index (χ2n) is 4.41. The number of methoxy groups -OCH3 is 2. The van der Waals surface area contributed by atoms with E-state index >= 15 is 0 Å². The standard InChI is InChI=1S/C15H24N4O3.HI/c1-16-15(19-9-10-21-2)18-8-7-17-14(20)12-5-4-6-13(11-12)22-3;/h4-6,11H,7-10H2,1-3H3,(H,17,20)(H2,16,18,19);1H. The monoisotopic (exact) mass is 436 g/mol. The molecule has 0 unspecified atom stereocenters. The minimum atomic E-state index is -0.136. The molecule has 0 radical (unpaired) electrons. The quantitative estimate of drug-likeness (QED) is 0.244. The molecule has 0 saturated carbocycles. The number of aliphatic imine (C=N–C) groups is 1. The van der Waals surface area contributed by atoms with E-state index in [1.807, 2.05) is 0 Å². The predicted molar refractivity (Wildman–Crippen MR) is 102 cm³/mol. The number of benzene rings is 1. The van der Waals surface area contributed by atoms with Crippen LogP contribution in [0.4, 0.5) is 0 Å². The molecule has 0 aliphatic rings. The highest BCUT2D eigenvalue weighted by Gasteiger charge is 2.05. The van der Waals surface area contributed by atoms with Crippen molar-refractivity contribution in [1.29, 1.82) is 0 Å². The number of hydrogen-bond acceptors (Lipinski definition) is 4. The Morgan fingerprint density at radius 1 is 1.13 bits per heavy atom. The Morgan fingerprint density at radius 2 is 1.83 bits per heavy atom. The van der Waals surface area contributed by atoms with Crippen molar-refractivity contribution in [2.75, 3.05) is 47.5 Å². The fourth-order valence-electron chi connectivity index (χ4n) is 1.72. The van der Waals surface area contributed by atoms with Gasteiger partial charge < -0.3 is 25.4 Å². The summed E-state index contributed by atoms with van der Waals surface area (Å²) in [5, 5.41) is 9.02. The highest BCUT2D eigenvalue weighted by atomic mass is 127. The van der Waals surface area contributed by atoms with Gasteiger partial charge in [-0.25, -0.2) is 0 Å². The van der Waals surface area contributed by atoms with Gasteiger partial charge >= 0.3 is 0 Å². The topological polar surface area (TPSA) is 84.0 Å². The summed E-state index contributed by atoms with van der Waals surface area (Å²) < 4.78 is 10.0. The Hall–Kier alpha value is -1.55. The van der Waals surface area contributed by atoms with Crippen LogP contribution in [0.3, 0.4) is 0 Å². The van der Waals surface area contributed by atoms with Gasteiger partial charge in [0.2, 0.25) is 0 Å². The number of nitrogens with one attached hydrogen (secondary N) is 3. The lowest BCUT2D eigenvalue weighted by Crippen LogP contribution is -2.42. The summed E-state index contributed by atoms with van der Waals surface area (Å²) in [4.78, 5) is 16.0. The maximum Gasteiger partial charge on any atom is 0.251 e. The molecule has 0 atom stereocenters. The van der Waals surface area contributed by atoms with Gasteiger partial charge in [-0.15, -0.1) is 24.0 Å². The number of halogens is 1. The number of guanidine groups is 1. The zero-order chi connectivity index (χ0) is 16.2. The van der Waals surface area contributed by atoms with Crippen LogP contribution in [0.15, 0.2) is 29.3 Å². The van der Waals surface area contributed by atoms with E-state index in [1.54, 1.807) is 45.5 Å². The summed E-state index contributed by atoms with van der Waals surface area (Å²) in [6.07, 6.45) is 0. The third kappa shape index (κ3) is 8.60. The molecular weight excluding hydrogens is 411 g/mol. The van der Waals surface area contributed by atoms with Crippen molar-refractivity contribution in [3.63, 3.8) is 0 Å². The number of carbonyl (C=O) groups excluding carboxylic acids is 1. The molecule has 0 fully saturated rings. The number of rotatable bonds is 8. The lowest BCUT2D eigenvalue weighted by atomic mass is 10.2. The lowest BCUT2D eigenvalue weighted by molar-refractivity contribution is 0.0954. The average molecular weight is 436 g/mol. The Morgan fingerprint density at radius 3 is 2.48 bits per heavy atom. The molecule has 1 aromatic rings. The molecular formula is C15H25IN4O3. The molecule has 3 N–H and O–H groups in total. The first-order chi connectivity index (χ1) is 10.7. The van der Waals surface area contributed by atoms with Gasteiger partial charge in [0.25, 0.3) is 5.91 Å². The largest absolute Gasteiger partial charge is 0.497 e. The molecule has 1 amide bonds. The van der Waals surface area contributed by atoms with Gasteiger partial charge in [-0.3, -0.25) is 9.79 Å². The van der Waals surface area contributed by atoms with Crippen LogP contribution in [0.25, 0.3) is 0 Å². The van der Waals surface area contributed by atoms with E-state index in [9.17, 15) is 4.79 Å². The van der Waals surface area contributed by atoms with Crippen molar-refractivity contribution >= 4 is 35.8 Å². The highest BCUT2D eigenvalue weighted by Crippen LogP contribution is 2.11. The Bertz CT molecular complexity index is 497. The normalized spacial score (nSPS) is 10.5. The van der Waals surface area contributed by atoms with Crippen LogP contribution in [0.2, 0.25) is 0 Å². The summed E-state index contributed by atoms with van der Waals surface area (Å²) in [5.74, 6) is 1.20. The van der Waals surface area contributed by atoms with E-state index in [0.717, 1.165) is 0 Å². The molecule has 0 aliphatic carbocycles. The maximum atomic E-state index is 12.0. The summed E-state index contributed by atoms with van der Waals surface area (Å²) in [6, 6.07) is 7.03. The first-order valence-corrected chi connectivity index (χ1v) is 7.07. The molecule has 0 aromatic heterocycles. The molecule has 0 aliphatic heterocycles. The minimum Gasteiger partial charge on any atom is -0.497 e. The van der Waals surface area contributed by atoms with Crippen molar-refractivity contribution in [3.8, 4) is 5.75 Å². The summed E-state index contributed by atoms with van der Waals surface area (Å²) in [7, 11) is 4.91. The zero-order valence-electron chi connectivity index (χ0n) is 13.7. The van der Waals surface area contributed by atoms with Gasteiger partial charge in [0.1, 0.15) is 5.75 Å². The predicted octanol–water partition coefficient (Wildman–Crippen LogP) is 0.854. The number of carbonyl (C=O) groups is 1. The zero-order valence-corrected chi connectivity index (χ0v) is 16.0. The van der Waals surface area contributed by atoms with Crippen molar-refractivity contribution in [3.05, 3.63) is 29.8 Å². The van der Waals surface area contributed by atoms with Crippen LogP contribution < -0.4 is 20.7 Å². The van der Waals surface area contributed by atoms with Gasteiger partial charge in [-0.05, 0) is 18.2 Å². The van der Waals surface area contributed by atoms with E-state index in [4.69, 9.17) is 9.47 Å². The van der Waals surface area contributed by atoms with Gasteiger partial charge in [0, 0.05) is 39.4 Å². The molecule has 0 heterocycles. The van der Waals surface area contributed by atoms with Crippen molar-refractivity contribution < 1.29 is 14.3 Å². The Labute approximate surface area is 154 Å².